The number of carbonyl (C=O) groups excluding carboxylic acids is 2. The van der Waals surface area contributed by atoms with Gasteiger partial charge < -0.3 is 21.9 Å². The van der Waals surface area contributed by atoms with Crippen molar-refractivity contribution in [3.05, 3.63) is 53.3 Å². The summed E-state index contributed by atoms with van der Waals surface area (Å²) in [5.41, 5.74) is 15.8. The van der Waals surface area contributed by atoms with Gasteiger partial charge in [-0.1, -0.05) is 6.07 Å². The Kier molecular flexibility index (Phi) is 3.75. The van der Waals surface area contributed by atoms with E-state index in [1.165, 1.54) is 24.3 Å². The van der Waals surface area contributed by atoms with Crippen molar-refractivity contribution in [1.82, 2.24) is 0 Å². The van der Waals surface area contributed by atoms with Crippen LogP contribution in [-0.4, -0.2) is 11.8 Å². The fraction of sp³-hybridized carbons (Fsp3) is 0. The molecule has 0 saturated heterocycles. The van der Waals surface area contributed by atoms with Crippen molar-refractivity contribution in [2.45, 2.75) is 0 Å². The number of benzene rings is 2. The summed E-state index contributed by atoms with van der Waals surface area (Å²) < 4.78 is 19.1. The Labute approximate surface area is 119 Å². The van der Waals surface area contributed by atoms with Crippen LogP contribution in [0.1, 0.15) is 20.7 Å². The lowest BCUT2D eigenvalue weighted by Gasteiger charge is -2.10. The molecule has 0 bridgehead atoms. The van der Waals surface area contributed by atoms with Crippen LogP contribution in [0.5, 0.6) is 11.5 Å². The average molecular weight is 289 g/mol. The predicted molar refractivity (Wildman–Crippen MR) is 74.4 cm³/mol. The Morgan fingerprint density at radius 1 is 1.05 bits per heavy atom. The molecule has 21 heavy (non-hydrogen) atoms. The van der Waals surface area contributed by atoms with Gasteiger partial charge in [0.05, 0.1) is 5.56 Å². The quantitative estimate of drug-likeness (QED) is 0.736. The summed E-state index contributed by atoms with van der Waals surface area (Å²) in [6.07, 6.45) is 0. The third kappa shape index (κ3) is 3.08. The minimum atomic E-state index is -0.803. The van der Waals surface area contributed by atoms with Gasteiger partial charge in [0.25, 0.3) is 5.91 Å². The molecule has 0 unspecified atom stereocenters. The molecule has 2 amide bonds. The Hall–Kier alpha value is -3.09. The summed E-state index contributed by atoms with van der Waals surface area (Å²) in [5.74, 6) is -2.26. The van der Waals surface area contributed by atoms with Crippen molar-refractivity contribution < 1.29 is 18.7 Å². The lowest BCUT2D eigenvalue weighted by atomic mass is 10.1. The van der Waals surface area contributed by atoms with Crippen molar-refractivity contribution in [1.29, 1.82) is 0 Å². The molecule has 0 fully saturated rings. The molecule has 0 saturated carbocycles. The van der Waals surface area contributed by atoms with Crippen LogP contribution in [0.25, 0.3) is 0 Å². The molecule has 0 aliphatic carbocycles. The van der Waals surface area contributed by atoms with Gasteiger partial charge in [0, 0.05) is 17.3 Å². The summed E-state index contributed by atoms with van der Waals surface area (Å²) in [5, 5.41) is 0. The van der Waals surface area contributed by atoms with Gasteiger partial charge in [-0.25, -0.2) is 4.39 Å². The number of carbonyl (C=O) groups is 2. The summed E-state index contributed by atoms with van der Waals surface area (Å²) in [4.78, 5) is 22.3. The number of hydrogen-bond donors (Lipinski definition) is 3. The fourth-order valence-electron chi connectivity index (χ4n) is 1.70. The van der Waals surface area contributed by atoms with Crippen LogP contribution in [0, 0.1) is 5.82 Å². The molecule has 0 aliphatic rings. The lowest BCUT2D eigenvalue weighted by molar-refractivity contribution is 0.0992. The molecule has 0 aliphatic heterocycles. The topological polar surface area (TPSA) is 121 Å². The van der Waals surface area contributed by atoms with Gasteiger partial charge in [-0.15, -0.1) is 0 Å². The smallest absolute Gasteiger partial charge is 0.250 e. The highest BCUT2D eigenvalue weighted by Gasteiger charge is 2.14. The predicted octanol–water partition coefficient (Wildman–Crippen LogP) is 1.40. The SMILES string of the molecule is NC(=O)c1cccc(Oc2cc(C(N)=O)c(N)cc2F)c1. The van der Waals surface area contributed by atoms with Gasteiger partial charge in [0.1, 0.15) is 5.75 Å². The zero-order valence-corrected chi connectivity index (χ0v) is 10.8. The highest BCUT2D eigenvalue weighted by atomic mass is 19.1. The largest absolute Gasteiger partial charge is 0.454 e. The first-order valence-electron chi connectivity index (χ1n) is 5.85. The monoisotopic (exact) mass is 289 g/mol. The fourth-order valence-corrected chi connectivity index (χ4v) is 1.70. The zero-order valence-electron chi connectivity index (χ0n) is 10.8. The number of ether oxygens (including phenoxy) is 1. The van der Waals surface area contributed by atoms with E-state index in [0.717, 1.165) is 12.1 Å². The standard InChI is InChI=1S/C14H12FN3O3/c15-10-6-11(16)9(14(18)20)5-12(10)21-8-3-1-2-7(4-8)13(17)19/h1-6H,16H2,(H2,17,19)(H2,18,20). The molecule has 0 spiro atoms. The van der Waals surface area contributed by atoms with E-state index in [1.54, 1.807) is 0 Å². The maximum atomic E-state index is 13.8. The molecule has 0 aromatic heterocycles. The Morgan fingerprint density at radius 3 is 2.38 bits per heavy atom. The Bertz CT molecular complexity index is 731. The van der Waals surface area contributed by atoms with E-state index in [4.69, 9.17) is 21.9 Å². The van der Waals surface area contributed by atoms with E-state index in [1.807, 2.05) is 0 Å². The number of anilines is 1. The molecule has 0 heterocycles. The number of halogens is 1. The summed E-state index contributed by atoms with van der Waals surface area (Å²) in [6, 6.07) is 7.91. The molecule has 2 rings (SSSR count). The second kappa shape index (κ2) is 5.49. The van der Waals surface area contributed by atoms with Crippen molar-refractivity contribution >= 4 is 17.5 Å². The first-order chi connectivity index (χ1) is 9.88. The van der Waals surface area contributed by atoms with E-state index < -0.39 is 17.6 Å². The second-order valence-electron chi connectivity index (χ2n) is 4.23. The highest BCUT2D eigenvalue weighted by molar-refractivity contribution is 5.98. The van der Waals surface area contributed by atoms with Crippen LogP contribution < -0.4 is 21.9 Å². The van der Waals surface area contributed by atoms with Gasteiger partial charge in [0.15, 0.2) is 11.6 Å². The van der Waals surface area contributed by atoms with Gasteiger partial charge in [0.2, 0.25) is 5.91 Å². The van der Waals surface area contributed by atoms with Crippen LogP contribution in [0.15, 0.2) is 36.4 Å². The number of amides is 2. The minimum absolute atomic E-state index is 0.0579. The van der Waals surface area contributed by atoms with Crippen molar-refractivity contribution in [3.63, 3.8) is 0 Å². The second-order valence-corrected chi connectivity index (χ2v) is 4.23. The third-order valence-electron chi connectivity index (χ3n) is 2.72. The first kappa shape index (κ1) is 14.3. The summed E-state index contributed by atoms with van der Waals surface area (Å²) in [7, 11) is 0. The van der Waals surface area contributed by atoms with Crippen LogP contribution >= 0.6 is 0 Å². The molecule has 6 N–H and O–H groups in total. The molecular weight excluding hydrogens is 277 g/mol. The Balaban J connectivity index is 2.39. The van der Waals surface area contributed by atoms with Crippen molar-refractivity contribution in [2.24, 2.45) is 11.5 Å². The number of rotatable bonds is 4. The van der Waals surface area contributed by atoms with E-state index in [9.17, 15) is 14.0 Å². The Morgan fingerprint density at radius 2 is 1.76 bits per heavy atom. The molecule has 6 nitrogen and oxygen atoms in total. The van der Waals surface area contributed by atoms with E-state index in [-0.39, 0.29) is 28.3 Å². The molecule has 2 aromatic rings. The number of nitrogens with two attached hydrogens (primary N) is 3. The molecule has 0 atom stereocenters. The minimum Gasteiger partial charge on any atom is -0.454 e. The maximum Gasteiger partial charge on any atom is 0.250 e. The van der Waals surface area contributed by atoms with E-state index in [2.05, 4.69) is 0 Å². The molecule has 7 heteroatoms. The molecular formula is C14H12FN3O3. The van der Waals surface area contributed by atoms with Gasteiger partial charge in [-0.3, -0.25) is 9.59 Å². The first-order valence-corrected chi connectivity index (χ1v) is 5.85. The van der Waals surface area contributed by atoms with Crippen LogP contribution in [0.2, 0.25) is 0 Å². The van der Waals surface area contributed by atoms with E-state index >= 15 is 0 Å². The normalized spacial score (nSPS) is 10.1. The average Bonchev–Trinajstić information content (AvgIpc) is 2.41. The van der Waals surface area contributed by atoms with Crippen molar-refractivity contribution in [2.75, 3.05) is 5.73 Å². The number of primary amides is 2. The van der Waals surface area contributed by atoms with Crippen LogP contribution in [0.4, 0.5) is 10.1 Å². The number of hydrogen-bond acceptors (Lipinski definition) is 4. The highest BCUT2D eigenvalue weighted by Crippen LogP contribution is 2.28. The third-order valence-corrected chi connectivity index (χ3v) is 2.72. The van der Waals surface area contributed by atoms with Gasteiger partial charge in [-0.2, -0.15) is 0 Å². The van der Waals surface area contributed by atoms with Gasteiger partial charge >= 0.3 is 0 Å². The van der Waals surface area contributed by atoms with Crippen LogP contribution in [0.3, 0.4) is 0 Å². The molecule has 0 radical (unpaired) electrons. The van der Waals surface area contributed by atoms with Crippen molar-refractivity contribution in [3.8, 4) is 11.5 Å². The summed E-state index contributed by atoms with van der Waals surface area (Å²) >= 11 is 0. The van der Waals surface area contributed by atoms with Crippen LogP contribution in [-0.2, 0) is 0 Å². The maximum absolute atomic E-state index is 13.8. The van der Waals surface area contributed by atoms with E-state index in [0.29, 0.717) is 0 Å². The summed E-state index contributed by atoms with van der Waals surface area (Å²) in [6.45, 7) is 0. The zero-order chi connectivity index (χ0) is 15.6. The molecule has 2 aromatic carbocycles. The molecule has 108 valence electrons. The lowest BCUT2D eigenvalue weighted by Crippen LogP contribution is -2.14. The number of nitrogen functional groups attached to an aromatic ring is 1. The van der Waals surface area contributed by atoms with Gasteiger partial charge in [-0.05, 0) is 24.3 Å².